The van der Waals surface area contributed by atoms with Gasteiger partial charge in [0.25, 0.3) is 0 Å². The molecule has 4 rings (SSSR count). The van der Waals surface area contributed by atoms with Crippen molar-refractivity contribution in [3.8, 4) is 0 Å². The number of hydrogen-bond donors (Lipinski definition) is 0. The van der Waals surface area contributed by atoms with Crippen LogP contribution in [0, 0.1) is 0 Å². The first kappa shape index (κ1) is 15.8. The Morgan fingerprint density at radius 2 is 2.04 bits per heavy atom. The number of carbonyl (C=O) groups is 1. The van der Waals surface area contributed by atoms with Gasteiger partial charge in [-0.2, -0.15) is 5.10 Å². The first-order chi connectivity index (χ1) is 11.6. The van der Waals surface area contributed by atoms with Gasteiger partial charge < -0.3 is 9.80 Å². The van der Waals surface area contributed by atoms with E-state index in [0.29, 0.717) is 24.4 Å². The summed E-state index contributed by atoms with van der Waals surface area (Å²) in [6.45, 7) is 2.99. The number of carbonyl (C=O) groups excluding carboxylic acids is 1. The maximum Gasteiger partial charge on any atom is 0.222 e. The van der Waals surface area contributed by atoms with E-state index in [1.54, 1.807) is 0 Å². The van der Waals surface area contributed by atoms with Gasteiger partial charge in [0.1, 0.15) is 0 Å². The molecule has 1 amide bonds. The molecule has 2 aliphatic heterocycles. The molecule has 1 atom stereocenters. The number of rotatable bonds is 4. The number of amides is 1. The van der Waals surface area contributed by atoms with Crippen molar-refractivity contribution in [3.63, 3.8) is 0 Å². The predicted octanol–water partition coefficient (Wildman–Crippen LogP) is 1.10. The molecule has 3 aliphatic rings. The number of aromatic nitrogens is 2. The molecule has 1 aromatic heterocycles. The van der Waals surface area contributed by atoms with Gasteiger partial charge >= 0.3 is 0 Å². The van der Waals surface area contributed by atoms with Gasteiger partial charge in [0, 0.05) is 45.2 Å². The second kappa shape index (κ2) is 6.31. The van der Waals surface area contributed by atoms with Gasteiger partial charge in [-0.15, -0.1) is 5.10 Å². The normalized spacial score (nSPS) is 24.5. The van der Waals surface area contributed by atoms with Crippen molar-refractivity contribution >= 4 is 11.7 Å². The van der Waals surface area contributed by atoms with E-state index in [1.165, 1.54) is 17.7 Å². The number of likely N-dealkylation sites (tertiary alicyclic amines) is 1. The molecule has 0 bridgehead atoms. The van der Waals surface area contributed by atoms with E-state index in [4.69, 9.17) is 0 Å². The number of hydrogen-bond acceptors (Lipinski definition) is 5. The lowest BCUT2D eigenvalue weighted by atomic mass is 10.00. The Hall–Kier alpha value is -1.69. The van der Waals surface area contributed by atoms with E-state index in [9.17, 15) is 4.79 Å². The summed E-state index contributed by atoms with van der Waals surface area (Å²) >= 11 is 0. The molecule has 1 unspecified atom stereocenters. The number of anilines is 1. The van der Waals surface area contributed by atoms with E-state index in [0.717, 1.165) is 51.1 Å². The Balaban J connectivity index is 1.31. The lowest BCUT2D eigenvalue weighted by molar-refractivity contribution is -0.135. The minimum Gasteiger partial charge on any atom is -0.352 e. The SMILES string of the molecule is CN(CC1CCCC(=O)N1C)C1CN(c2cc3c(nn2)CCC3)C1. The number of aryl methyl sites for hydroxylation is 2. The van der Waals surface area contributed by atoms with Crippen molar-refractivity contribution in [3.05, 3.63) is 17.3 Å². The van der Waals surface area contributed by atoms with Crippen molar-refractivity contribution in [2.75, 3.05) is 38.6 Å². The van der Waals surface area contributed by atoms with Crippen LogP contribution < -0.4 is 4.90 Å². The molecular weight excluding hydrogens is 302 g/mol. The van der Waals surface area contributed by atoms with Crippen molar-refractivity contribution in [2.24, 2.45) is 0 Å². The summed E-state index contributed by atoms with van der Waals surface area (Å²) in [7, 11) is 4.14. The second-order valence-electron chi connectivity index (χ2n) is 7.58. The smallest absolute Gasteiger partial charge is 0.222 e. The zero-order chi connectivity index (χ0) is 16.7. The van der Waals surface area contributed by atoms with Crippen LogP contribution in [0.4, 0.5) is 5.82 Å². The topological polar surface area (TPSA) is 52.6 Å². The van der Waals surface area contributed by atoms with Gasteiger partial charge in [0.05, 0.1) is 5.69 Å². The fourth-order valence-corrected chi connectivity index (χ4v) is 4.15. The zero-order valence-electron chi connectivity index (χ0n) is 14.7. The molecule has 3 heterocycles. The summed E-state index contributed by atoms with van der Waals surface area (Å²) in [6, 6.07) is 3.15. The Morgan fingerprint density at radius 1 is 1.21 bits per heavy atom. The van der Waals surface area contributed by atoms with Gasteiger partial charge in [-0.1, -0.05) is 0 Å². The van der Waals surface area contributed by atoms with E-state index in [1.807, 2.05) is 11.9 Å². The molecule has 130 valence electrons. The maximum absolute atomic E-state index is 11.9. The third kappa shape index (κ3) is 2.88. The number of likely N-dealkylation sites (N-methyl/N-ethyl adjacent to an activating group) is 2. The standard InChI is InChI=1S/C18H27N5O/c1-21(10-14-6-4-8-18(24)22(14)2)15-11-23(12-15)17-9-13-5-3-7-16(13)19-20-17/h9,14-15H,3-8,10-12H2,1-2H3. The average molecular weight is 329 g/mol. The highest BCUT2D eigenvalue weighted by molar-refractivity contribution is 5.76. The Morgan fingerprint density at radius 3 is 2.88 bits per heavy atom. The zero-order valence-corrected chi connectivity index (χ0v) is 14.7. The predicted molar refractivity (Wildman–Crippen MR) is 93.1 cm³/mol. The molecule has 0 N–H and O–H groups in total. The summed E-state index contributed by atoms with van der Waals surface area (Å²) in [6.07, 6.45) is 6.32. The molecule has 6 heteroatoms. The molecular formula is C18H27N5O. The summed E-state index contributed by atoms with van der Waals surface area (Å²) in [4.78, 5) is 18.5. The van der Waals surface area contributed by atoms with E-state index in [-0.39, 0.29) is 0 Å². The lowest BCUT2D eigenvalue weighted by Gasteiger charge is -2.46. The molecule has 24 heavy (non-hydrogen) atoms. The van der Waals surface area contributed by atoms with Crippen LogP contribution in [0.5, 0.6) is 0 Å². The van der Waals surface area contributed by atoms with Gasteiger partial charge in [-0.05, 0) is 50.8 Å². The summed E-state index contributed by atoms with van der Waals surface area (Å²) in [5.74, 6) is 1.33. The van der Waals surface area contributed by atoms with Gasteiger partial charge in [-0.3, -0.25) is 9.69 Å². The minimum absolute atomic E-state index is 0.295. The van der Waals surface area contributed by atoms with E-state index >= 15 is 0 Å². The van der Waals surface area contributed by atoms with Crippen LogP contribution in [0.2, 0.25) is 0 Å². The monoisotopic (exact) mass is 329 g/mol. The molecule has 2 fully saturated rings. The van der Waals surface area contributed by atoms with Crippen molar-refractivity contribution in [1.29, 1.82) is 0 Å². The Kier molecular flexibility index (Phi) is 4.16. The van der Waals surface area contributed by atoms with Gasteiger partial charge in [0.2, 0.25) is 5.91 Å². The van der Waals surface area contributed by atoms with Crippen LogP contribution in [0.15, 0.2) is 6.07 Å². The van der Waals surface area contributed by atoms with Crippen LogP contribution >= 0.6 is 0 Å². The molecule has 1 aromatic rings. The van der Waals surface area contributed by atoms with Crippen LogP contribution in [0.3, 0.4) is 0 Å². The Labute approximate surface area is 143 Å². The van der Waals surface area contributed by atoms with Gasteiger partial charge in [0.15, 0.2) is 5.82 Å². The van der Waals surface area contributed by atoms with E-state index in [2.05, 4.69) is 33.1 Å². The highest BCUT2D eigenvalue weighted by atomic mass is 16.2. The maximum atomic E-state index is 11.9. The number of fused-ring (bicyclic) bond motifs is 1. The summed E-state index contributed by atoms with van der Waals surface area (Å²) in [5, 5.41) is 8.80. The summed E-state index contributed by atoms with van der Waals surface area (Å²) < 4.78 is 0. The second-order valence-corrected chi connectivity index (χ2v) is 7.58. The van der Waals surface area contributed by atoms with E-state index < -0.39 is 0 Å². The van der Waals surface area contributed by atoms with Crippen molar-refractivity contribution in [2.45, 2.75) is 50.6 Å². The molecule has 1 aliphatic carbocycles. The number of nitrogens with zero attached hydrogens (tertiary/aromatic N) is 5. The summed E-state index contributed by atoms with van der Waals surface area (Å²) in [5.41, 5.74) is 2.58. The van der Waals surface area contributed by atoms with Crippen LogP contribution in [0.25, 0.3) is 0 Å². The van der Waals surface area contributed by atoms with Crippen molar-refractivity contribution in [1.82, 2.24) is 20.0 Å². The molecule has 0 saturated carbocycles. The van der Waals surface area contributed by atoms with Crippen LogP contribution in [0.1, 0.15) is 36.9 Å². The lowest BCUT2D eigenvalue weighted by Crippen LogP contribution is -2.61. The number of piperidine rings is 1. The quantitative estimate of drug-likeness (QED) is 0.828. The third-order valence-electron chi connectivity index (χ3n) is 5.98. The fourth-order valence-electron chi connectivity index (χ4n) is 4.15. The van der Waals surface area contributed by atoms with Crippen LogP contribution in [-0.4, -0.2) is 71.7 Å². The molecule has 2 saturated heterocycles. The highest BCUT2D eigenvalue weighted by Gasteiger charge is 2.34. The molecule has 0 aromatic carbocycles. The molecule has 0 radical (unpaired) electrons. The first-order valence-electron chi connectivity index (χ1n) is 9.18. The third-order valence-corrected chi connectivity index (χ3v) is 5.98. The minimum atomic E-state index is 0.295. The van der Waals surface area contributed by atoms with Crippen molar-refractivity contribution < 1.29 is 4.79 Å². The first-order valence-corrected chi connectivity index (χ1v) is 9.18. The molecule has 0 spiro atoms. The largest absolute Gasteiger partial charge is 0.352 e. The van der Waals surface area contributed by atoms with Crippen LogP contribution in [-0.2, 0) is 17.6 Å². The highest BCUT2D eigenvalue weighted by Crippen LogP contribution is 2.27. The Bertz CT molecular complexity index is 628. The van der Waals surface area contributed by atoms with Gasteiger partial charge in [-0.25, -0.2) is 0 Å². The average Bonchev–Trinajstić information content (AvgIpc) is 2.98. The fraction of sp³-hybridized carbons (Fsp3) is 0.722. The molecule has 6 nitrogen and oxygen atoms in total.